The average molecular weight is 378 g/mol. The number of nitrogens with zero attached hydrogens (tertiary/aromatic N) is 3. The second-order valence-corrected chi connectivity index (χ2v) is 7.82. The van der Waals surface area contributed by atoms with Crippen molar-refractivity contribution in [3.05, 3.63) is 34.8 Å². The third kappa shape index (κ3) is 5.06. The minimum Gasteiger partial charge on any atom is -0.337 e. The number of hydrogen-bond acceptors (Lipinski definition) is 5. The van der Waals surface area contributed by atoms with Gasteiger partial charge in [-0.1, -0.05) is 19.1 Å². The van der Waals surface area contributed by atoms with Gasteiger partial charge in [-0.3, -0.25) is 4.79 Å². The van der Waals surface area contributed by atoms with Gasteiger partial charge in [-0.25, -0.2) is 4.98 Å². The summed E-state index contributed by atoms with van der Waals surface area (Å²) in [5.41, 5.74) is 1.90. The summed E-state index contributed by atoms with van der Waals surface area (Å²) in [7, 11) is 2.08. The van der Waals surface area contributed by atoms with Gasteiger partial charge in [0, 0.05) is 30.1 Å². The van der Waals surface area contributed by atoms with Crippen molar-refractivity contribution in [3.8, 4) is 10.6 Å². The van der Waals surface area contributed by atoms with Crippen LogP contribution in [0.4, 0.5) is 0 Å². The molecule has 0 atom stereocenters. The van der Waals surface area contributed by atoms with E-state index in [-0.39, 0.29) is 5.91 Å². The molecule has 2 rings (SSSR count). The van der Waals surface area contributed by atoms with E-state index in [1.807, 2.05) is 24.8 Å². The van der Waals surface area contributed by atoms with Crippen LogP contribution in [0.25, 0.3) is 10.6 Å². The average Bonchev–Trinajstić information content (AvgIpc) is 3.03. The summed E-state index contributed by atoms with van der Waals surface area (Å²) in [6, 6.07) is 8.31. The molecule has 0 bridgehead atoms. The van der Waals surface area contributed by atoms with Crippen LogP contribution in [0.3, 0.4) is 0 Å². The van der Waals surface area contributed by atoms with Crippen molar-refractivity contribution in [1.82, 2.24) is 14.8 Å². The highest BCUT2D eigenvalue weighted by atomic mass is 32.2. The maximum Gasteiger partial charge on any atom is 0.265 e. The second-order valence-electron chi connectivity index (χ2n) is 5.95. The van der Waals surface area contributed by atoms with Crippen LogP contribution in [0, 0.1) is 6.92 Å². The first-order valence-corrected chi connectivity index (χ1v) is 10.6. The Morgan fingerprint density at radius 2 is 2.00 bits per heavy atom. The molecule has 4 nitrogen and oxygen atoms in total. The number of aromatic nitrogens is 1. The van der Waals surface area contributed by atoms with Gasteiger partial charge in [0.2, 0.25) is 0 Å². The highest BCUT2D eigenvalue weighted by Gasteiger charge is 2.21. The van der Waals surface area contributed by atoms with E-state index >= 15 is 0 Å². The number of thioether (sulfide) groups is 1. The number of amides is 1. The quantitative estimate of drug-likeness (QED) is 0.644. The molecule has 6 heteroatoms. The molecule has 0 radical (unpaired) electrons. The zero-order valence-electron chi connectivity index (χ0n) is 15.7. The Kier molecular flexibility index (Phi) is 7.47. The van der Waals surface area contributed by atoms with Crippen molar-refractivity contribution in [2.24, 2.45) is 0 Å². The molecule has 0 aliphatic heterocycles. The van der Waals surface area contributed by atoms with E-state index in [0.717, 1.165) is 40.8 Å². The van der Waals surface area contributed by atoms with Gasteiger partial charge in [0.15, 0.2) is 0 Å². The smallest absolute Gasteiger partial charge is 0.265 e. The molecule has 2 aromatic rings. The van der Waals surface area contributed by atoms with Gasteiger partial charge in [0.05, 0.1) is 5.69 Å². The Bertz CT molecular complexity index is 714. The molecule has 0 saturated carbocycles. The van der Waals surface area contributed by atoms with Gasteiger partial charge in [-0.2, -0.15) is 0 Å². The Morgan fingerprint density at radius 1 is 1.24 bits per heavy atom. The minimum absolute atomic E-state index is 0.0919. The van der Waals surface area contributed by atoms with Crippen molar-refractivity contribution >= 4 is 29.0 Å². The number of thiazole rings is 1. The summed E-state index contributed by atoms with van der Waals surface area (Å²) in [6.07, 6.45) is 2.06. The van der Waals surface area contributed by atoms with Crippen molar-refractivity contribution in [1.29, 1.82) is 0 Å². The second kappa shape index (κ2) is 9.36. The largest absolute Gasteiger partial charge is 0.337 e. The van der Waals surface area contributed by atoms with Crippen molar-refractivity contribution in [3.63, 3.8) is 0 Å². The molecule has 1 aromatic heterocycles. The Balaban J connectivity index is 2.21. The molecule has 0 N–H and O–H groups in total. The predicted molar refractivity (Wildman–Crippen MR) is 109 cm³/mol. The van der Waals surface area contributed by atoms with Crippen LogP contribution < -0.4 is 0 Å². The molecule has 1 aromatic carbocycles. The van der Waals surface area contributed by atoms with Crippen molar-refractivity contribution in [2.45, 2.75) is 25.7 Å². The van der Waals surface area contributed by atoms with Crippen molar-refractivity contribution < 1.29 is 4.79 Å². The van der Waals surface area contributed by atoms with Gasteiger partial charge in [0.1, 0.15) is 9.88 Å². The number of carbonyl (C=O) groups is 1. The van der Waals surface area contributed by atoms with E-state index in [9.17, 15) is 4.79 Å². The highest BCUT2D eigenvalue weighted by molar-refractivity contribution is 7.98. The molecule has 0 spiro atoms. The molecule has 25 heavy (non-hydrogen) atoms. The van der Waals surface area contributed by atoms with Crippen LogP contribution in [0.1, 0.15) is 29.2 Å². The lowest BCUT2D eigenvalue weighted by molar-refractivity contribution is 0.0755. The van der Waals surface area contributed by atoms with Crippen LogP contribution in [0.5, 0.6) is 0 Å². The first-order chi connectivity index (χ1) is 12.0. The maximum atomic E-state index is 12.9. The predicted octanol–water partition coefficient (Wildman–Crippen LogP) is 4.25. The maximum absolute atomic E-state index is 12.9. The Labute approximate surface area is 159 Å². The fraction of sp³-hybridized carbons (Fsp3) is 0.474. The summed E-state index contributed by atoms with van der Waals surface area (Å²) in [5.74, 6) is 0.0919. The van der Waals surface area contributed by atoms with Crippen LogP contribution >= 0.6 is 23.1 Å². The molecular weight excluding hydrogens is 350 g/mol. The number of aryl methyl sites for hydroxylation is 1. The monoisotopic (exact) mass is 377 g/mol. The summed E-state index contributed by atoms with van der Waals surface area (Å²) >= 11 is 3.21. The van der Waals surface area contributed by atoms with Crippen molar-refractivity contribution in [2.75, 3.05) is 39.5 Å². The standard InChI is InChI=1S/C19H27N3OS2/c1-6-21(4)11-12-22(7-2)19(23)17-14(3)20-18(25-17)15-9-8-10-16(13-15)24-5/h8-10,13H,6-7,11-12H2,1-5H3. The topological polar surface area (TPSA) is 36.4 Å². The van der Waals surface area contributed by atoms with E-state index in [2.05, 4.69) is 48.3 Å². The van der Waals surface area contributed by atoms with E-state index in [1.165, 1.54) is 16.2 Å². The molecule has 0 fully saturated rings. The number of benzene rings is 1. The van der Waals surface area contributed by atoms with E-state index in [1.54, 1.807) is 11.8 Å². The molecule has 1 heterocycles. The molecule has 0 unspecified atom stereocenters. The zero-order chi connectivity index (χ0) is 18.4. The van der Waals surface area contributed by atoms with Gasteiger partial charge in [0.25, 0.3) is 5.91 Å². The number of carbonyl (C=O) groups excluding carboxylic acids is 1. The first kappa shape index (κ1) is 19.9. The molecule has 1 amide bonds. The van der Waals surface area contributed by atoms with Gasteiger partial charge < -0.3 is 9.80 Å². The fourth-order valence-corrected chi connectivity index (χ4v) is 3.96. The molecule has 136 valence electrons. The number of rotatable bonds is 8. The summed E-state index contributed by atoms with van der Waals surface area (Å²) < 4.78 is 0. The molecule has 0 aliphatic carbocycles. The highest BCUT2D eigenvalue weighted by Crippen LogP contribution is 2.30. The van der Waals surface area contributed by atoms with Crippen LogP contribution in [-0.4, -0.2) is 60.2 Å². The number of likely N-dealkylation sites (N-methyl/N-ethyl adjacent to an activating group) is 2. The molecular formula is C19H27N3OS2. The summed E-state index contributed by atoms with van der Waals surface area (Å²) in [6.45, 7) is 9.41. The molecule has 0 saturated heterocycles. The summed E-state index contributed by atoms with van der Waals surface area (Å²) in [4.78, 5) is 23.7. The first-order valence-electron chi connectivity index (χ1n) is 8.59. The minimum atomic E-state index is 0.0919. The Hall–Kier alpha value is -1.37. The van der Waals surface area contributed by atoms with Gasteiger partial charge >= 0.3 is 0 Å². The fourth-order valence-electron chi connectivity index (χ4n) is 2.47. The number of hydrogen-bond donors (Lipinski definition) is 0. The Morgan fingerprint density at radius 3 is 2.64 bits per heavy atom. The van der Waals surface area contributed by atoms with Crippen LogP contribution in [-0.2, 0) is 0 Å². The summed E-state index contributed by atoms with van der Waals surface area (Å²) in [5, 5.41) is 0.915. The lowest BCUT2D eigenvalue weighted by Crippen LogP contribution is -2.37. The SMILES string of the molecule is CCN(C)CCN(CC)C(=O)c1sc(-c2cccc(SC)c2)nc1C. The lowest BCUT2D eigenvalue weighted by atomic mass is 10.2. The van der Waals surface area contributed by atoms with Crippen LogP contribution in [0.15, 0.2) is 29.2 Å². The lowest BCUT2D eigenvalue weighted by Gasteiger charge is -2.23. The third-order valence-corrected chi connectivity index (χ3v) is 6.19. The van der Waals surface area contributed by atoms with E-state index in [0.29, 0.717) is 6.54 Å². The van der Waals surface area contributed by atoms with Gasteiger partial charge in [-0.05, 0) is 45.8 Å². The molecule has 0 aliphatic rings. The van der Waals surface area contributed by atoms with E-state index in [4.69, 9.17) is 0 Å². The van der Waals surface area contributed by atoms with Gasteiger partial charge in [-0.15, -0.1) is 23.1 Å². The normalized spacial score (nSPS) is 11.1. The zero-order valence-corrected chi connectivity index (χ0v) is 17.3. The third-order valence-electron chi connectivity index (χ3n) is 4.27. The van der Waals surface area contributed by atoms with Crippen LogP contribution in [0.2, 0.25) is 0 Å². The van der Waals surface area contributed by atoms with E-state index < -0.39 is 0 Å².